The van der Waals surface area contributed by atoms with Crippen LogP contribution in [-0.4, -0.2) is 48.5 Å². The highest BCUT2D eigenvalue weighted by Gasteiger charge is 2.38. The highest BCUT2D eigenvalue weighted by molar-refractivity contribution is 7.13. The van der Waals surface area contributed by atoms with Gasteiger partial charge in [-0.1, -0.05) is 55.2 Å². The van der Waals surface area contributed by atoms with Gasteiger partial charge in [-0.3, -0.25) is 9.59 Å². The third kappa shape index (κ3) is 6.33. The molecule has 1 aliphatic rings. The molecule has 2 aromatic heterocycles. The van der Waals surface area contributed by atoms with Crippen LogP contribution in [0.2, 0.25) is 0 Å². The minimum absolute atomic E-state index is 0.0199. The Labute approximate surface area is 210 Å². The first-order chi connectivity index (χ1) is 16.7. The van der Waals surface area contributed by atoms with Crippen molar-refractivity contribution in [1.29, 1.82) is 0 Å². The monoisotopic (exact) mass is 494 g/mol. The van der Waals surface area contributed by atoms with Crippen molar-refractivity contribution in [3.05, 3.63) is 52.9 Å². The Morgan fingerprint density at radius 3 is 2.49 bits per heavy atom. The molecule has 1 aliphatic carbocycles. The fourth-order valence-electron chi connectivity index (χ4n) is 4.56. The predicted octanol–water partition coefficient (Wildman–Crippen LogP) is 4.53. The number of hydrogen-bond donors (Lipinski definition) is 1. The SMILES string of the molecule is Cc1ccc([C@H](C(=O)NC(C)(C)C)N(C(=O)Cn2nnc(-c3cccs3)n2)C2CCCCC2)cc1. The Morgan fingerprint density at radius 1 is 1.14 bits per heavy atom. The maximum Gasteiger partial charge on any atom is 0.247 e. The lowest BCUT2D eigenvalue weighted by Crippen LogP contribution is -2.53. The van der Waals surface area contributed by atoms with Crippen molar-refractivity contribution in [2.45, 2.75) is 84.0 Å². The average molecular weight is 495 g/mol. The number of aryl methyl sites for hydroxylation is 1. The molecule has 1 N–H and O–H groups in total. The van der Waals surface area contributed by atoms with Crippen molar-refractivity contribution < 1.29 is 9.59 Å². The molecule has 1 aromatic carbocycles. The molecule has 1 fully saturated rings. The van der Waals surface area contributed by atoms with Crippen molar-refractivity contribution in [1.82, 2.24) is 30.4 Å². The number of aromatic nitrogens is 4. The van der Waals surface area contributed by atoms with Gasteiger partial charge in [0.15, 0.2) is 0 Å². The van der Waals surface area contributed by atoms with E-state index in [2.05, 4.69) is 20.7 Å². The summed E-state index contributed by atoms with van der Waals surface area (Å²) >= 11 is 1.52. The van der Waals surface area contributed by atoms with E-state index in [0.29, 0.717) is 5.82 Å². The van der Waals surface area contributed by atoms with Crippen LogP contribution in [0.25, 0.3) is 10.7 Å². The summed E-state index contributed by atoms with van der Waals surface area (Å²) in [5.74, 6) is 0.144. The third-order valence-corrected chi connectivity index (χ3v) is 7.01. The van der Waals surface area contributed by atoms with E-state index in [9.17, 15) is 9.59 Å². The molecule has 8 nitrogen and oxygen atoms in total. The summed E-state index contributed by atoms with van der Waals surface area (Å²) in [6.07, 6.45) is 4.99. The zero-order valence-corrected chi connectivity index (χ0v) is 21.7. The first-order valence-corrected chi connectivity index (χ1v) is 13.1. The molecule has 0 spiro atoms. The molecule has 0 saturated heterocycles. The molecule has 9 heteroatoms. The minimum Gasteiger partial charge on any atom is -0.349 e. The molecule has 4 rings (SSSR count). The van der Waals surface area contributed by atoms with E-state index in [-0.39, 0.29) is 24.4 Å². The van der Waals surface area contributed by atoms with E-state index in [0.717, 1.165) is 48.1 Å². The van der Waals surface area contributed by atoms with Crippen LogP contribution in [0, 0.1) is 6.92 Å². The normalized spacial score (nSPS) is 15.5. The fourth-order valence-corrected chi connectivity index (χ4v) is 5.21. The molecule has 0 unspecified atom stereocenters. The molecule has 2 amide bonds. The summed E-state index contributed by atoms with van der Waals surface area (Å²) in [7, 11) is 0. The largest absolute Gasteiger partial charge is 0.349 e. The molecule has 3 aromatic rings. The summed E-state index contributed by atoms with van der Waals surface area (Å²) in [4.78, 5) is 31.6. The van der Waals surface area contributed by atoms with E-state index in [4.69, 9.17) is 0 Å². The Morgan fingerprint density at radius 2 is 1.86 bits per heavy atom. The number of carbonyl (C=O) groups excluding carboxylic acids is 2. The van der Waals surface area contributed by atoms with Crippen LogP contribution in [-0.2, 0) is 16.1 Å². The lowest BCUT2D eigenvalue weighted by molar-refractivity contribution is -0.146. The number of amides is 2. The second-order valence-electron chi connectivity index (χ2n) is 10.3. The first-order valence-electron chi connectivity index (χ1n) is 12.2. The molecular weight excluding hydrogens is 460 g/mol. The van der Waals surface area contributed by atoms with Gasteiger partial charge in [0.05, 0.1) is 4.88 Å². The summed E-state index contributed by atoms with van der Waals surface area (Å²) in [6, 6.07) is 11.0. The molecule has 0 radical (unpaired) electrons. The quantitative estimate of drug-likeness (QED) is 0.521. The summed E-state index contributed by atoms with van der Waals surface area (Å²) < 4.78 is 0. The number of nitrogens with zero attached hydrogens (tertiary/aromatic N) is 5. The molecule has 2 heterocycles. The van der Waals surface area contributed by atoms with Gasteiger partial charge in [0.2, 0.25) is 17.6 Å². The van der Waals surface area contributed by atoms with Crippen LogP contribution in [0.3, 0.4) is 0 Å². The highest BCUT2D eigenvalue weighted by atomic mass is 32.1. The van der Waals surface area contributed by atoms with Crippen LogP contribution in [0.5, 0.6) is 0 Å². The smallest absolute Gasteiger partial charge is 0.247 e. The van der Waals surface area contributed by atoms with E-state index in [1.165, 1.54) is 16.1 Å². The van der Waals surface area contributed by atoms with E-state index < -0.39 is 11.6 Å². The van der Waals surface area contributed by atoms with Crippen molar-refractivity contribution in [3.63, 3.8) is 0 Å². The zero-order valence-electron chi connectivity index (χ0n) is 20.9. The number of benzene rings is 1. The van der Waals surface area contributed by atoms with Gasteiger partial charge in [0, 0.05) is 11.6 Å². The van der Waals surface area contributed by atoms with Crippen molar-refractivity contribution in [2.75, 3.05) is 0 Å². The van der Waals surface area contributed by atoms with Gasteiger partial charge in [0.1, 0.15) is 12.6 Å². The molecule has 1 atom stereocenters. The number of carbonyl (C=O) groups is 2. The molecular formula is C26H34N6O2S. The van der Waals surface area contributed by atoms with Crippen LogP contribution in [0.1, 0.15) is 70.0 Å². The lowest BCUT2D eigenvalue weighted by atomic mass is 9.91. The lowest BCUT2D eigenvalue weighted by Gasteiger charge is -2.40. The minimum atomic E-state index is -0.731. The Bertz CT molecular complexity index is 1130. The number of rotatable bonds is 7. The molecule has 35 heavy (non-hydrogen) atoms. The van der Waals surface area contributed by atoms with Crippen molar-refractivity contribution in [3.8, 4) is 10.7 Å². The second kappa shape index (κ2) is 10.7. The first kappa shape index (κ1) is 25.0. The number of nitrogens with one attached hydrogen (secondary N) is 1. The molecule has 1 saturated carbocycles. The van der Waals surface area contributed by atoms with Crippen molar-refractivity contribution >= 4 is 23.2 Å². The van der Waals surface area contributed by atoms with Gasteiger partial charge in [-0.2, -0.15) is 4.80 Å². The van der Waals surface area contributed by atoms with Gasteiger partial charge in [-0.25, -0.2) is 0 Å². The van der Waals surface area contributed by atoms with Crippen molar-refractivity contribution in [2.24, 2.45) is 0 Å². The summed E-state index contributed by atoms with van der Waals surface area (Å²) in [6.45, 7) is 7.81. The van der Waals surface area contributed by atoms with E-state index >= 15 is 0 Å². The number of tetrazole rings is 1. The Hall–Kier alpha value is -3.07. The topological polar surface area (TPSA) is 93.0 Å². The maximum atomic E-state index is 13.9. The van der Waals surface area contributed by atoms with Gasteiger partial charge in [-0.05, 0) is 62.8 Å². The van der Waals surface area contributed by atoms with E-state index in [1.54, 1.807) is 4.90 Å². The second-order valence-corrected chi connectivity index (χ2v) is 11.2. The number of hydrogen-bond acceptors (Lipinski definition) is 6. The van der Waals surface area contributed by atoms with Crippen LogP contribution >= 0.6 is 11.3 Å². The average Bonchev–Trinajstić information content (AvgIpc) is 3.49. The zero-order chi connectivity index (χ0) is 25.0. The van der Waals surface area contributed by atoms with Gasteiger partial charge in [0.25, 0.3) is 0 Å². The highest BCUT2D eigenvalue weighted by Crippen LogP contribution is 2.32. The van der Waals surface area contributed by atoms with Crippen LogP contribution in [0.15, 0.2) is 41.8 Å². The molecule has 0 aliphatic heterocycles. The molecule has 0 bridgehead atoms. The summed E-state index contributed by atoms with van der Waals surface area (Å²) in [5, 5.41) is 17.7. The predicted molar refractivity (Wildman–Crippen MR) is 137 cm³/mol. The standard InChI is InChI=1S/C26H34N6O2S/c1-18-12-14-19(15-13-18)23(25(34)27-26(2,3)4)32(20-9-6-5-7-10-20)22(33)17-31-29-24(28-30-31)21-11-8-16-35-21/h8,11-16,20,23H,5-7,9-10,17H2,1-4H3,(H,27,34)/t23-/m1/s1. The number of thiophene rings is 1. The van der Waals surface area contributed by atoms with Gasteiger partial charge < -0.3 is 10.2 Å². The Kier molecular flexibility index (Phi) is 7.64. The fraction of sp³-hybridized carbons (Fsp3) is 0.500. The third-order valence-electron chi connectivity index (χ3n) is 6.14. The summed E-state index contributed by atoms with van der Waals surface area (Å²) in [5.41, 5.74) is 1.49. The van der Waals surface area contributed by atoms with Gasteiger partial charge >= 0.3 is 0 Å². The van der Waals surface area contributed by atoms with Crippen LogP contribution < -0.4 is 5.32 Å². The van der Waals surface area contributed by atoms with E-state index in [1.807, 2.05) is 69.5 Å². The van der Waals surface area contributed by atoms with Gasteiger partial charge in [-0.15, -0.1) is 21.5 Å². The maximum absolute atomic E-state index is 13.9. The Balaban J connectivity index is 1.68. The van der Waals surface area contributed by atoms with Crippen LogP contribution in [0.4, 0.5) is 0 Å². The molecule has 186 valence electrons.